The lowest BCUT2D eigenvalue weighted by atomic mass is 10.1. The molecule has 0 bridgehead atoms. The Morgan fingerprint density at radius 2 is 1.95 bits per heavy atom. The van der Waals surface area contributed by atoms with Crippen molar-refractivity contribution in [3.05, 3.63) is 29.8 Å². The van der Waals surface area contributed by atoms with Gasteiger partial charge >= 0.3 is 5.97 Å². The molecule has 1 aromatic rings. The van der Waals surface area contributed by atoms with E-state index in [4.69, 9.17) is 5.11 Å². The van der Waals surface area contributed by atoms with Crippen LogP contribution in [0.1, 0.15) is 30.1 Å². The van der Waals surface area contributed by atoms with Crippen molar-refractivity contribution in [1.82, 2.24) is 5.32 Å². The minimum Gasteiger partial charge on any atom is -0.479 e. The maximum atomic E-state index is 11.9. The van der Waals surface area contributed by atoms with Gasteiger partial charge in [-0.1, -0.05) is 0 Å². The molecule has 3 N–H and O–H groups in total. The van der Waals surface area contributed by atoms with Crippen molar-refractivity contribution >= 4 is 23.5 Å². The zero-order chi connectivity index (χ0) is 16.3. The molecule has 118 valence electrons. The number of hydrogen-bond donors (Lipinski definition) is 3. The maximum absolute atomic E-state index is 11.9. The highest BCUT2D eigenvalue weighted by molar-refractivity contribution is 5.97. The summed E-state index contributed by atoms with van der Waals surface area (Å²) in [7, 11) is 0. The van der Waals surface area contributed by atoms with Crippen LogP contribution in [0.4, 0.5) is 5.69 Å². The fourth-order valence-electron chi connectivity index (χ4n) is 2.14. The Morgan fingerprint density at radius 3 is 2.45 bits per heavy atom. The van der Waals surface area contributed by atoms with Crippen molar-refractivity contribution in [3.8, 4) is 0 Å². The highest BCUT2D eigenvalue weighted by Gasteiger charge is 2.30. The summed E-state index contributed by atoms with van der Waals surface area (Å²) in [4.78, 5) is 36.0. The third-order valence-corrected chi connectivity index (χ3v) is 3.57. The minimum absolute atomic E-state index is 0.0645. The number of carboxylic acid groups (broad SMARTS) is 1. The van der Waals surface area contributed by atoms with Crippen molar-refractivity contribution in [2.75, 3.05) is 18.0 Å². The van der Waals surface area contributed by atoms with E-state index >= 15 is 0 Å². The molecular formula is C15H18N2O5. The highest BCUT2D eigenvalue weighted by atomic mass is 16.4. The maximum Gasteiger partial charge on any atom is 0.337 e. The predicted molar refractivity (Wildman–Crippen MR) is 78.6 cm³/mol. The first-order chi connectivity index (χ1) is 10.3. The van der Waals surface area contributed by atoms with E-state index in [1.807, 2.05) is 0 Å². The van der Waals surface area contributed by atoms with Gasteiger partial charge in [0.15, 0.2) is 5.60 Å². The van der Waals surface area contributed by atoms with Crippen LogP contribution in [0, 0.1) is 0 Å². The van der Waals surface area contributed by atoms with Gasteiger partial charge < -0.3 is 20.4 Å². The molecular weight excluding hydrogens is 288 g/mol. The Labute approximate surface area is 127 Å². The van der Waals surface area contributed by atoms with Gasteiger partial charge in [-0.05, 0) is 37.6 Å². The molecule has 0 spiro atoms. The fraction of sp³-hybridized carbons (Fsp3) is 0.400. The van der Waals surface area contributed by atoms with Crippen LogP contribution in [0.3, 0.4) is 0 Å². The van der Waals surface area contributed by atoms with E-state index in [1.54, 1.807) is 29.2 Å². The van der Waals surface area contributed by atoms with Crippen molar-refractivity contribution < 1.29 is 24.6 Å². The number of carboxylic acids is 1. The van der Waals surface area contributed by atoms with Crippen LogP contribution in [0.5, 0.6) is 0 Å². The summed E-state index contributed by atoms with van der Waals surface area (Å²) in [6.45, 7) is 1.39. The van der Waals surface area contributed by atoms with Gasteiger partial charge in [0.2, 0.25) is 5.91 Å². The van der Waals surface area contributed by atoms with Crippen molar-refractivity contribution in [2.45, 2.75) is 25.4 Å². The number of aliphatic hydroxyl groups is 1. The molecule has 0 saturated carbocycles. The van der Waals surface area contributed by atoms with E-state index < -0.39 is 24.0 Å². The van der Waals surface area contributed by atoms with Crippen LogP contribution in [-0.2, 0) is 9.59 Å². The first-order valence-electron chi connectivity index (χ1n) is 6.96. The number of anilines is 1. The average Bonchev–Trinajstić information content (AvgIpc) is 2.91. The van der Waals surface area contributed by atoms with Gasteiger partial charge in [-0.15, -0.1) is 0 Å². The van der Waals surface area contributed by atoms with E-state index in [9.17, 15) is 19.5 Å². The number of hydrogen-bond acceptors (Lipinski definition) is 4. The summed E-state index contributed by atoms with van der Waals surface area (Å²) in [5, 5.41) is 20.7. The quantitative estimate of drug-likeness (QED) is 0.729. The molecule has 1 aromatic carbocycles. The van der Waals surface area contributed by atoms with Crippen LogP contribution >= 0.6 is 0 Å². The van der Waals surface area contributed by atoms with Crippen LogP contribution in [-0.4, -0.2) is 46.7 Å². The lowest BCUT2D eigenvalue weighted by Crippen LogP contribution is -2.46. The van der Waals surface area contributed by atoms with Gasteiger partial charge in [0.1, 0.15) is 0 Å². The third-order valence-electron chi connectivity index (χ3n) is 3.57. The number of aliphatic carboxylic acids is 1. The normalized spacial score (nSPS) is 17.2. The molecule has 22 heavy (non-hydrogen) atoms. The average molecular weight is 306 g/mol. The molecule has 1 heterocycles. The Balaban J connectivity index is 1.99. The molecule has 1 saturated heterocycles. The summed E-state index contributed by atoms with van der Waals surface area (Å²) in [5.41, 5.74) is -0.953. The molecule has 0 radical (unpaired) electrons. The number of nitrogens with zero attached hydrogens (tertiary/aromatic N) is 1. The number of benzene rings is 1. The number of rotatable bonds is 5. The van der Waals surface area contributed by atoms with E-state index in [1.165, 1.54) is 0 Å². The Hall–Kier alpha value is -2.41. The zero-order valence-electron chi connectivity index (χ0n) is 12.2. The van der Waals surface area contributed by atoms with Gasteiger partial charge in [-0.3, -0.25) is 9.59 Å². The second-order valence-electron chi connectivity index (χ2n) is 5.46. The zero-order valence-corrected chi connectivity index (χ0v) is 12.2. The molecule has 2 amide bonds. The molecule has 2 rings (SSSR count). The SMILES string of the molecule is CC(O)(CNC(=O)c1ccc(N2CCCC2=O)cc1)C(=O)O. The molecule has 1 unspecified atom stereocenters. The second-order valence-corrected chi connectivity index (χ2v) is 5.46. The number of carbonyl (C=O) groups excluding carboxylic acids is 2. The number of amides is 2. The largest absolute Gasteiger partial charge is 0.479 e. The minimum atomic E-state index is -2.02. The van der Waals surface area contributed by atoms with E-state index in [-0.39, 0.29) is 5.91 Å². The van der Waals surface area contributed by atoms with Gasteiger partial charge in [0.05, 0.1) is 6.54 Å². The van der Waals surface area contributed by atoms with Crippen LogP contribution in [0.2, 0.25) is 0 Å². The standard InChI is InChI=1S/C15H18N2O5/c1-15(22,14(20)21)9-16-13(19)10-4-6-11(7-5-10)17-8-2-3-12(17)18/h4-7,22H,2-3,8-9H2,1H3,(H,16,19)(H,20,21). The Bertz CT molecular complexity index is 594. The van der Waals surface area contributed by atoms with E-state index in [0.717, 1.165) is 19.0 Å². The van der Waals surface area contributed by atoms with Crippen LogP contribution < -0.4 is 10.2 Å². The van der Waals surface area contributed by atoms with Gasteiger partial charge in [0, 0.05) is 24.2 Å². The van der Waals surface area contributed by atoms with E-state index in [0.29, 0.717) is 18.5 Å². The topological polar surface area (TPSA) is 107 Å². The first-order valence-corrected chi connectivity index (χ1v) is 6.96. The molecule has 1 fully saturated rings. The molecule has 7 nitrogen and oxygen atoms in total. The predicted octanol–water partition coefficient (Wildman–Crippen LogP) is 0.379. The molecule has 7 heteroatoms. The summed E-state index contributed by atoms with van der Waals surface area (Å²) < 4.78 is 0. The molecule has 1 aliphatic rings. The summed E-state index contributed by atoms with van der Waals surface area (Å²) in [6, 6.07) is 6.47. The van der Waals surface area contributed by atoms with Crippen molar-refractivity contribution in [2.24, 2.45) is 0 Å². The monoisotopic (exact) mass is 306 g/mol. The van der Waals surface area contributed by atoms with Crippen LogP contribution in [0.25, 0.3) is 0 Å². The highest BCUT2D eigenvalue weighted by Crippen LogP contribution is 2.21. The molecule has 0 aliphatic carbocycles. The van der Waals surface area contributed by atoms with Crippen LogP contribution in [0.15, 0.2) is 24.3 Å². The van der Waals surface area contributed by atoms with E-state index in [2.05, 4.69) is 5.32 Å². The van der Waals surface area contributed by atoms with Crippen molar-refractivity contribution in [3.63, 3.8) is 0 Å². The molecule has 1 atom stereocenters. The number of nitrogens with one attached hydrogen (secondary N) is 1. The van der Waals surface area contributed by atoms with Crippen molar-refractivity contribution in [1.29, 1.82) is 0 Å². The first kappa shape index (κ1) is 16.0. The smallest absolute Gasteiger partial charge is 0.337 e. The molecule has 0 aromatic heterocycles. The van der Waals surface area contributed by atoms with Gasteiger partial charge in [0.25, 0.3) is 5.91 Å². The Kier molecular flexibility index (Phi) is 4.46. The molecule has 1 aliphatic heterocycles. The summed E-state index contributed by atoms with van der Waals surface area (Å²) >= 11 is 0. The van der Waals surface area contributed by atoms with Gasteiger partial charge in [-0.25, -0.2) is 4.79 Å². The third kappa shape index (κ3) is 3.43. The number of carbonyl (C=O) groups is 3. The van der Waals surface area contributed by atoms with Gasteiger partial charge in [-0.2, -0.15) is 0 Å². The Morgan fingerprint density at radius 1 is 1.32 bits per heavy atom. The lowest BCUT2D eigenvalue weighted by molar-refractivity contribution is -0.155. The summed E-state index contributed by atoms with van der Waals surface area (Å²) in [5.74, 6) is -1.83. The summed E-state index contributed by atoms with van der Waals surface area (Å²) in [6.07, 6.45) is 1.36. The second kappa shape index (κ2) is 6.15. The fourth-order valence-corrected chi connectivity index (χ4v) is 2.14. The lowest BCUT2D eigenvalue weighted by Gasteiger charge is -2.19.